The maximum Gasteiger partial charge on any atom is 0.407 e. The van der Waals surface area contributed by atoms with Crippen LogP contribution in [0.5, 0.6) is 0 Å². The third kappa shape index (κ3) is 9.16. The molecule has 0 fully saturated rings. The van der Waals surface area contributed by atoms with Gasteiger partial charge in [0.1, 0.15) is 5.60 Å². The van der Waals surface area contributed by atoms with Gasteiger partial charge < -0.3 is 15.2 Å². The van der Waals surface area contributed by atoms with E-state index in [1.807, 2.05) is 44.2 Å². The van der Waals surface area contributed by atoms with Crippen LogP contribution in [0.2, 0.25) is 0 Å². The van der Waals surface area contributed by atoms with E-state index in [2.05, 4.69) is 27.9 Å². The number of nitrogens with zero attached hydrogens (tertiary/aromatic N) is 1. The van der Waals surface area contributed by atoms with Crippen LogP contribution in [0.1, 0.15) is 40.2 Å². The van der Waals surface area contributed by atoms with E-state index in [4.69, 9.17) is 4.74 Å². The number of carbonyl (C=O) groups excluding carboxylic acids is 1. The molecule has 2 aromatic rings. The highest BCUT2D eigenvalue weighted by atomic mass is 127. The Morgan fingerprint density at radius 2 is 1.65 bits per heavy atom. The molecule has 0 saturated carbocycles. The lowest BCUT2D eigenvalue weighted by Crippen LogP contribution is -2.51. The quantitative estimate of drug-likeness (QED) is 0.393. The van der Waals surface area contributed by atoms with Gasteiger partial charge in [-0.3, -0.25) is 0 Å². The average Bonchev–Trinajstić information content (AvgIpc) is 2.72. The molecule has 2 aromatic carbocycles. The van der Waals surface area contributed by atoms with Crippen molar-refractivity contribution in [2.75, 3.05) is 13.1 Å². The Morgan fingerprint density at radius 1 is 1.06 bits per heavy atom. The molecule has 0 saturated heterocycles. The zero-order valence-electron chi connectivity index (χ0n) is 20.4. The van der Waals surface area contributed by atoms with Gasteiger partial charge in [-0.05, 0) is 85.5 Å². The molecule has 0 aliphatic carbocycles. The number of aliphatic hydroxyl groups excluding tert-OH is 1. The zero-order valence-corrected chi connectivity index (χ0v) is 23.3. The Hall–Kier alpha value is -1.69. The van der Waals surface area contributed by atoms with Gasteiger partial charge in [-0.1, -0.05) is 44.2 Å². The minimum atomic E-state index is -3.85. The topological polar surface area (TPSA) is 95.9 Å². The van der Waals surface area contributed by atoms with Gasteiger partial charge in [-0.25, -0.2) is 13.2 Å². The third-order valence-corrected chi connectivity index (χ3v) is 7.44. The second-order valence-electron chi connectivity index (χ2n) is 9.68. The molecule has 0 aliphatic heterocycles. The molecule has 1 amide bonds. The Kier molecular flexibility index (Phi) is 10.3. The van der Waals surface area contributed by atoms with E-state index in [0.717, 1.165) is 9.13 Å². The molecule has 2 N–H and O–H groups in total. The molecule has 188 valence electrons. The number of ether oxygens (including phenoxy) is 1. The molecule has 0 unspecified atom stereocenters. The van der Waals surface area contributed by atoms with Crippen LogP contribution in [-0.2, 0) is 21.2 Å². The van der Waals surface area contributed by atoms with Gasteiger partial charge in [0.05, 0.1) is 17.0 Å². The number of hydrogen-bond acceptors (Lipinski definition) is 5. The highest BCUT2D eigenvalue weighted by Crippen LogP contribution is 2.20. The number of carbonyl (C=O) groups is 1. The zero-order chi connectivity index (χ0) is 25.5. The van der Waals surface area contributed by atoms with E-state index in [9.17, 15) is 18.3 Å². The number of amides is 1. The smallest absolute Gasteiger partial charge is 0.407 e. The van der Waals surface area contributed by atoms with Gasteiger partial charge in [0.15, 0.2) is 0 Å². The summed E-state index contributed by atoms with van der Waals surface area (Å²) in [5.41, 5.74) is 0.197. The van der Waals surface area contributed by atoms with E-state index < -0.39 is 33.9 Å². The monoisotopic (exact) mass is 602 g/mol. The first-order valence-corrected chi connectivity index (χ1v) is 13.8. The number of nitrogens with one attached hydrogen (secondary N) is 1. The fourth-order valence-corrected chi connectivity index (χ4v) is 5.36. The molecular weight excluding hydrogens is 567 g/mol. The van der Waals surface area contributed by atoms with Crippen molar-refractivity contribution < 1.29 is 23.1 Å². The third-order valence-electron chi connectivity index (χ3n) is 4.88. The summed E-state index contributed by atoms with van der Waals surface area (Å²) < 4.78 is 34.4. The van der Waals surface area contributed by atoms with E-state index in [1.165, 1.54) is 4.31 Å². The number of rotatable bonds is 10. The minimum Gasteiger partial charge on any atom is -0.444 e. The largest absolute Gasteiger partial charge is 0.444 e. The van der Waals surface area contributed by atoms with Gasteiger partial charge in [-0.15, -0.1) is 0 Å². The van der Waals surface area contributed by atoms with Gasteiger partial charge in [0.25, 0.3) is 0 Å². The van der Waals surface area contributed by atoms with E-state index in [1.54, 1.807) is 45.0 Å². The van der Waals surface area contributed by atoms with Crippen LogP contribution < -0.4 is 5.32 Å². The fourth-order valence-electron chi connectivity index (χ4n) is 3.38. The highest BCUT2D eigenvalue weighted by Gasteiger charge is 2.32. The number of halogens is 1. The van der Waals surface area contributed by atoms with Gasteiger partial charge in [0, 0.05) is 16.7 Å². The molecule has 0 radical (unpaired) electrons. The first-order chi connectivity index (χ1) is 15.8. The first kappa shape index (κ1) is 28.5. The molecule has 7 nitrogen and oxygen atoms in total. The second-order valence-corrected chi connectivity index (χ2v) is 12.9. The molecule has 34 heavy (non-hydrogen) atoms. The van der Waals surface area contributed by atoms with Crippen molar-refractivity contribution in [3.05, 3.63) is 63.7 Å². The highest BCUT2D eigenvalue weighted by molar-refractivity contribution is 14.1. The predicted molar refractivity (Wildman–Crippen MR) is 142 cm³/mol. The van der Waals surface area contributed by atoms with Crippen molar-refractivity contribution in [2.24, 2.45) is 5.92 Å². The Labute approximate surface area is 217 Å². The average molecular weight is 603 g/mol. The molecule has 2 atom stereocenters. The summed E-state index contributed by atoms with van der Waals surface area (Å²) >= 11 is 2.12. The van der Waals surface area contributed by atoms with Crippen molar-refractivity contribution in [3.8, 4) is 0 Å². The maximum atomic E-state index is 13.4. The fraction of sp³-hybridized carbons (Fsp3) is 0.480. The van der Waals surface area contributed by atoms with Crippen molar-refractivity contribution in [1.82, 2.24) is 9.62 Å². The Balaban J connectivity index is 2.30. The standard InChI is InChI=1S/C25H35IN2O5S/c1-18(2)16-28(34(31,32)21-13-11-20(26)12-14-21)17-23(29)22(15-19-9-7-6-8-10-19)27-24(30)33-25(3,4)5/h6-14,18,22-23,29H,15-17H2,1-5H3,(H,27,30)/t22-,23+/m0/s1. The van der Waals surface area contributed by atoms with Crippen LogP contribution in [0.15, 0.2) is 59.5 Å². The second kappa shape index (κ2) is 12.3. The van der Waals surface area contributed by atoms with Gasteiger partial charge >= 0.3 is 6.09 Å². The van der Waals surface area contributed by atoms with Crippen LogP contribution in [-0.4, -0.2) is 54.8 Å². The van der Waals surface area contributed by atoms with Crippen molar-refractivity contribution in [1.29, 1.82) is 0 Å². The number of alkyl carbamates (subject to hydrolysis) is 1. The molecule has 0 spiro atoms. The lowest BCUT2D eigenvalue weighted by molar-refractivity contribution is 0.0400. The lowest BCUT2D eigenvalue weighted by Gasteiger charge is -2.31. The summed E-state index contributed by atoms with van der Waals surface area (Å²) in [7, 11) is -3.85. The molecule has 0 aliphatic rings. The van der Waals surface area contributed by atoms with Crippen LogP contribution in [0.3, 0.4) is 0 Å². The summed E-state index contributed by atoms with van der Waals surface area (Å²) in [6, 6.07) is 15.3. The molecule has 9 heteroatoms. The van der Waals surface area contributed by atoms with Crippen molar-refractivity contribution in [3.63, 3.8) is 0 Å². The first-order valence-electron chi connectivity index (χ1n) is 11.2. The molecule has 0 bridgehead atoms. The van der Waals surface area contributed by atoms with Crippen molar-refractivity contribution in [2.45, 2.75) is 63.7 Å². The summed E-state index contributed by atoms with van der Waals surface area (Å²) in [6.07, 6.45) is -1.51. The summed E-state index contributed by atoms with van der Waals surface area (Å²) in [5, 5.41) is 13.9. The number of hydrogen-bond donors (Lipinski definition) is 2. The maximum absolute atomic E-state index is 13.4. The van der Waals surface area contributed by atoms with Gasteiger partial charge in [0.2, 0.25) is 10.0 Å². The molecule has 2 rings (SSSR count). The van der Waals surface area contributed by atoms with Crippen LogP contribution >= 0.6 is 22.6 Å². The summed E-state index contributed by atoms with van der Waals surface area (Å²) in [5.74, 6) is 0.0391. The van der Waals surface area contributed by atoms with Crippen LogP contribution in [0.4, 0.5) is 4.79 Å². The van der Waals surface area contributed by atoms with Crippen LogP contribution in [0.25, 0.3) is 0 Å². The molecule has 0 aromatic heterocycles. The number of sulfonamides is 1. The summed E-state index contributed by atoms with van der Waals surface area (Å²) in [6.45, 7) is 9.18. The predicted octanol–water partition coefficient (Wildman–Crippen LogP) is 4.43. The lowest BCUT2D eigenvalue weighted by atomic mass is 10.0. The van der Waals surface area contributed by atoms with E-state index >= 15 is 0 Å². The Morgan fingerprint density at radius 3 is 2.18 bits per heavy atom. The Bertz CT molecular complexity index is 1020. The molecular formula is C25H35IN2O5S. The van der Waals surface area contributed by atoms with E-state index in [-0.39, 0.29) is 23.9 Å². The number of benzene rings is 2. The molecule has 0 heterocycles. The summed E-state index contributed by atoms with van der Waals surface area (Å²) in [4.78, 5) is 12.7. The van der Waals surface area contributed by atoms with Gasteiger partial charge in [-0.2, -0.15) is 4.31 Å². The van der Waals surface area contributed by atoms with Crippen LogP contribution in [0, 0.1) is 9.49 Å². The minimum absolute atomic E-state index is 0.0391. The number of aliphatic hydroxyl groups is 1. The van der Waals surface area contributed by atoms with E-state index in [0.29, 0.717) is 6.42 Å². The normalized spacial score (nSPS) is 14.1. The SMILES string of the molecule is CC(C)CN(C[C@@H](O)[C@H](Cc1ccccc1)NC(=O)OC(C)(C)C)S(=O)(=O)c1ccc(I)cc1. The van der Waals surface area contributed by atoms with Crippen molar-refractivity contribution >= 4 is 38.7 Å².